The van der Waals surface area contributed by atoms with Crippen molar-refractivity contribution in [2.24, 2.45) is 0 Å². The number of unbranched alkanes of at least 4 members (excludes halogenated alkanes) is 5. The Kier molecular flexibility index (Phi) is 11.1. The van der Waals surface area contributed by atoms with Gasteiger partial charge in [0.1, 0.15) is 0 Å². The maximum Gasteiger partial charge on any atom is 0.261 e. The Balaban J connectivity index is 2.33. The van der Waals surface area contributed by atoms with Crippen molar-refractivity contribution in [3.63, 3.8) is 0 Å². The first-order valence-corrected chi connectivity index (χ1v) is 15.2. The monoisotopic (exact) mass is 536 g/mol. The lowest BCUT2D eigenvalue weighted by Gasteiger charge is -2.45. The molecule has 0 aromatic heterocycles. The van der Waals surface area contributed by atoms with Gasteiger partial charge < -0.3 is 4.43 Å². The highest BCUT2D eigenvalue weighted by Gasteiger charge is 2.51. The Morgan fingerprint density at radius 3 is 1.73 bits per heavy atom. The van der Waals surface area contributed by atoms with Crippen LogP contribution in [0.15, 0.2) is 60.7 Å². The van der Waals surface area contributed by atoms with E-state index in [1.54, 1.807) is 0 Å². The highest BCUT2D eigenvalue weighted by Crippen LogP contribution is 2.38. The van der Waals surface area contributed by atoms with Crippen LogP contribution in [0.1, 0.15) is 79.1 Å². The first-order valence-electron chi connectivity index (χ1n) is 11.8. The van der Waals surface area contributed by atoms with E-state index < -0.39 is 8.32 Å². The average Bonchev–Trinajstić information content (AvgIpc) is 2.74. The quantitative estimate of drug-likeness (QED) is 0.111. The first-order chi connectivity index (χ1) is 14.5. The van der Waals surface area contributed by atoms with Crippen LogP contribution in [-0.2, 0) is 4.43 Å². The van der Waals surface area contributed by atoms with Crippen molar-refractivity contribution in [3.05, 3.63) is 60.7 Å². The number of hydrogen-bond acceptors (Lipinski definition) is 1. The smallest absolute Gasteiger partial charge is 0.261 e. The van der Waals surface area contributed by atoms with Crippen molar-refractivity contribution in [1.29, 1.82) is 0 Å². The van der Waals surface area contributed by atoms with E-state index in [1.807, 2.05) is 0 Å². The molecule has 0 heterocycles. The fourth-order valence-corrected chi connectivity index (χ4v) is 9.92. The van der Waals surface area contributed by atoms with Crippen LogP contribution in [0.2, 0.25) is 5.04 Å². The zero-order chi connectivity index (χ0) is 21.9. The molecule has 0 amide bonds. The molecule has 0 saturated heterocycles. The summed E-state index contributed by atoms with van der Waals surface area (Å²) >= 11 is 2.52. The minimum atomic E-state index is -2.43. The Morgan fingerprint density at radius 1 is 0.767 bits per heavy atom. The van der Waals surface area contributed by atoms with Crippen molar-refractivity contribution in [3.8, 4) is 0 Å². The van der Waals surface area contributed by atoms with E-state index in [0.717, 1.165) is 10.8 Å². The molecule has 0 aliphatic rings. The number of hydrogen-bond donors (Lipinski definition) is 0. The van der Waals surface area contributed by atoms with E-state index in [0.29, 0.717) is 6.10 Å². The second kappa shape index (κ2) is 13.0. The van der Waals surface area contributed by atoms with Crippen molar-refractivity contribution in [1.82, 2.24) is 0 Å². The van der Waals surface area contributed by atoms with Gasteiger partial charge in [0, 0.05) is 10.5 Å². The first kappa shape index (κ1) is 25.6. The molecule has 0 radical (unpaired) electrons. The highest BCUT2D eigenvalue weighted by molar-refractivity contribution is 14.1. The number of halogens is 1. The molecule has 0 fully saturated rings. The molecule has 0 aliphatic heterocycles. The second-order valence-corrected chi connectivity index (χ2v) is 14.8. The maximum absolute atomic E-state index is 7.38. The molecular weight excluding hydrogens is 495 g/mol. The minimum Gasteiger partial charge on any atom is -0.404 e. The van der Waals surface area contributed by atoms with Crippen molar-refractivity contribution < 1.29 is 4.43 Å². The second-order valence-electron chi connectivity index (χ2n) is 9.44. The molecule has 0 saturated carbocycles. The Morgan fingerprint density at radius 2 is 1.27 bits per heavy atom. The molecule has 0 bridgehead atoms. The molecule has 30 heavy (non-hydrogen) atoms. The zero-order valence-electron chi connectivity index (χ0n) is 19.5. The Bertz CT molecular complexity index is 656. The van der Waals surface area contributed by atoms with Crippen LogP contribution >= 0.6 is 22.6 Å². The Labute approximate surface area is 200 Å². The molecule has 166 valence electrons. The van der Waals surface area contributed by atoms with Crippen LogP contribution in [0.5, 0.6) is 0 Å². The molecule has 1 unspecified atom stereocenters. The lowest BCUT2D eigenvalue weighted by Crippen LogP contribution is -2.67. The van der Waals surface area contributed by atoms with Crippen molar-refractivity contribution in [2.45, 2.75) is 90.2 Å². The molecule has 0 aliphatic carbocycles. The molecule has 2 rings (SSSR count). The third kappa shape index (κ3) is 6.93. The molecule has 0 spiro atoms. The SMILES string of the molecule is CCCCCCCCC(CCI)O[Si](c1ccccc1)(c1ccccc1)C(C)(C)C. The molecule has 2 aromatic carbocycles. The van der Waals surface area contributed by atoms with Gasteiger partial charge in [-0.2, -0.15) is 0 Å². The lowest BCUT2D eigenvalue weighted by molar-refractivity contribution is 0.171. The van der Waals surface area contributed by atoms with Gasteiger partial charge >= 0.3 is 0 Å². The summed E-state index contributed by atoms with van der Waals surface area (Å²) in [5, 5.41) is 2.84. The number of rotatable bonds is 13. The third-order valence-electron chi connectivity index (χ3n) is 6.07. The summed E-state index contributed by atoms with van der Waals surface area (Å²) < 4.78 is 8.53. The number of benzene rings is 2. The maximum atomic E-state index is 7.38. The Hall–Kier alpha value is -0.653. The summed E-state index contributed by atoms with van der Waals surface area (Å²) in [6.07, 6.45) is 10.7. The standard InChI is InChI=1S/C27H41IOSi/c1-5-6-7-8-9-12-17-24(22-23-28)29-30(27(2,3)4,25-18-13-10-14-19-25)26-20-15-11-16-21-26/h10-11,13-16,18-21,24H,5-9,12,17,22-23H2,1-4H3. The molecule has 1 nitrogen and oxygen atoms in total. The van der Waals surface area contributed by atoms with E-state index in [1.165, 1.54) is 55.3 Å². The molecule has 2 aromatic rings. The predicted octanol–water partition coefficient (Wildman–Crippen LogP) is 7.51. The van der Waals surface area contributed by atoms with E-state index in [2.05, 4.69) is 111 Å². The van der Waals surface area contributed by atoms with Crippen molar-refractivity contribution in [2.75, 3.05) is 4.43 Å². The summed E-state index contributed by atoms with van der Waals surface area (Å²) in [6, 6.07) is 22.2. The lowest BCUT2D eigenvalue weighted by atomic mass is 10.1. The highest BCUT2D eigenvalue weighted by atomic mass is 127. The fourth-order valence-electron chi connectivity index (χ4n) is 4.48. The van der Waals surface area contributed by atoms with Gasteiger partial charge in [0.25, 0.3) is 8.32 Å². The normalized spacial score (nSPS) is 13.4. The van der Waals surface area contributed by atoms with Crippen molar-refractivity contribution >= 4 is 41.3 Å². The zero-order valence-corrected chi connectivity index (χ0v) is 22.7. The summed E-state index contributed by atoms with van der Waals surface area (Å²) in [5.41, 5.74) is 0. The molecule has 1 atom stereocenters. The number of alkyl halides is 1. The molecular formula is C27H41IOSi. The largest absolute Gasteiger partial charge is 0.404 e. The van der Waals surface area contributed by atoms with Crippen LogP contribution in [0.3, 0.4) is 0 Å². The van der Waals surface area contributed by atoms with Gasteiger partial charge in [0.15, 0.2) is 0 Å². The summed E-state index contributed by atoms with van der Waals surface area (Å²) in [7, 11) is -2.43. The summed E-state index contributed by atoms with van der Waals surface area (Å²) in [4.78, 5) is 0. The van der Waals surface area contributed by atoms with E-state index in [4.69, 9.17) is 4.43 Å². The van der Waals surface area contributed by atoms with Gasteiger partial charge in [0.05, 0.1) is 0 Å². The van der Waals surface area contributed by atoms with E-state index in [-0.39, 0.29) is 5.04 Å². The fraction of sp³-hybridized carbons (Fsp3) is 0.556. The third-order valence-corrected chi connectivity index (χ3v) is 11.8. The van der Waals surface area contributed by atoms with Crippen LogP contribution in [0, 0.1) is 0 Å². The van der Waals surface area contributed by atoms with Gasteiger partial charge in [-0.15, -0.1) is 0 Å². The van der Waals surface area contributed by atoms with Crippen LogP contribution in [-0.4, -0.2) is 18.8 Å². The average molecular weight is 537 g/mol. The van der Waals surface area contributed by atoms with Gasteiger partial charge in [0.2, 0.25) is 0 Å². The van der Waals surface area contributed by atoms with Gasteiger partial charge in [-0.3, -0.25) is 0 Å². The summed E-state index contributed by atoms with van der Waals surface area (Å²) in [6.45, 7) is 9.43. The van der Waals surface area contributed by atoms with Crippen LogP contribution in [0.25, 0.3) is 0 Å². The summed E-state index contributed by atoms with van der Waals surface area (Å²) in [5.74, 6) is 0. The van der Waals surface area contributed by atoms with Crippen LogP contribution < -0.4 is 10.4 Å². The molecule has 0 N–H and O–H groups in total. The van der Waals surface area contributed by atoms with Crippen LogP contribution in [0.4, 0.5) is 0 Å². The topological polar surface area (TPSA) is 9.23 Å². The van der Waals surface area contributed by atoms with E-state index in [9.17, 15) is 0 Å². The predicted molar refractivity (Wildman–Crippen MR) is 144 cm³/mol. The van der Waals surface area contributed by atoms with Gasteiger partial charge in [-0.25, -0.2) is 0 Å². The minimum absolute atomic E-state index is 0.0559. The van der Waals surface area contributed by atoms with E-state index >= 15 is 0 Å². The van der Waals surface area contributed by atoms with Gasteiger partial charge in [-0.05, 0) is 28.3 Å². The van der Waals surface area contributed by atoms with Gasteiger partial charge in [-0.1, -0.05) is 149 Å². The molecule has 3 heteroatoms.